The lowest BCUT2D eigenvalue weighted by Crippen LogP contribution is -2.76. The molecule has 0 rings (SSSR count). The average molecular weight is 563 g/mol. The Kier molecular flexibility index (Phi) is 7.21. The van der Waals surface area contributed by atoms with Crippen LogP contribution < -0.4 is 4.72 Å². The van der Waals surface area contributed by atoms with Crippen molar-refractivity contribution >= 4 is 10.0 Å². The second-order valence-electron chi connectivity index (χ2n) is 5.74. The summed E-state index contributed by atoms with van der Waals surface area (Å²) >= 11 is 0. The van der Waals surface area contributed by atoms with Crippen LogP contribution in [0.25, 0.3) is 0 Å². The predicted octanol–water partition coefficient (Wildman–Crippen LogP) is 5.14. The fourth-order valence-electron chi connectivity index (χ4n) is 1.64. The molecule has 1 N–H and O–H groups in total. The summed E-state index contributed by atoms with van der Waals surface area (Å²) in [5, 5.41) is -7.62. The molecule has 0 fully saturated rings. The summed E-state index contributed by atoms with van der Waals surface area (Å²) in [6, 6.07) is 0. The van der Waals surface area contributed by atoms with Gasteiger partial charge in [0.05, 0.1) is 0 Å². The molecule has 0 heterocycles. The molecule has 0 spiro atoms. The Morgan fingerprint density at radius 1 is 0.424 bits per heavy atom. The quantitative estimate of drug-likeness (QED) is 0.396. The number of alkyl halides is 19. The molecule has 0 saturated heterocycles. The van der Waals surface area contributed by atoms with Crippen molar-refractivity contribution in [1.29, 1.82) is 0 Å². The lowest BCUT2D eigenvalue weighted by molar-refractivity contribution is -0.466. The highest BCUT2D eigenvalue weighted by atomic mass is 32.2. The molecule has 0 aromatic carbocycles. The minimum atomic E-state index is -9.09. The van der Waals surface area contributed by atoms with E-state index in [4.69, 9.17) is 0 Å². The van der Waals surface area contributed by atoms with Crippen LogP contribution in [0.2, 0.25) is 0 Å². The van der Waals surface area contributed by atoms with Gasteiger partial charge in [0.25, 0.3) is 10.0 Å². The van der Waals surface area contributed by atoms with E-state index in [1.807, 2.05) is 0 Å². The summed E-state index contributed by atoms with van der Waals surface area (Å²) in [5.74, 6) is -61.6. The van der Waals surface area contributed by atoms with E-state index in [1.165, 1.54) is 0 Å². The first-order chi connectivity index (χ1) is 13.8. The lowest BCUT2D eigenvalue weighted by Gasteiger charge is -2.43. The third-order valence-corrected chi connectivity index (χ3v) is 5.16. The van der Waals surface area contributed by atoms with Crippen molar-refractivity contribution in [2.75, 3.05) is 7.05 Å². The van der Waals surface area contributed by atoms with Gasteiger partial charge in [-0.15, -0.1) is 0 Å². The first-order valence-corrected chi connectivity index (χ1v) is 8.32. The first kappa shape index (κ1) is 31.6. The number of hydrogen-bond acceptors (Lipinski definition) is 2. The standard InChI is InChI=1S/C10H4F19NO2S/c1-30-33(31,32)10(28,29)8(23,24)6(19,20)4(15,16)2(11,12)3(13,14)5(17,18)7(21,22)9(25,26)27/h30H,1H3. The second kappa shape index (κ2) is 7.54. The van der Waals surface area contributed by atoms with Gasteiger partial charge in [-0.3, -0.25) is 0 Å². The van der Waals surface area contributed by atoms with Crippen LogP contribution in [0.15, 0.2) is 0 Å². The number of rotatable bonds is 9. The molecule has 0 bridgehead atoms. The molecule has 33 heavy (non-hydrogen) atoms. The lowest BCUT2D eigenvalue weighted by atomic mass is 9.89. The summed E-state index contributed by atoms with van der Waals surface area (Å²) < 4.78 is 267. The van der Waals surface area contributed by atoms with E-state index < -0.39 is 62.9 Å². The maximum absolute atomic E-state index is 13.3. The van der Waals surface area contributed by atoms with Gasteiger partial charge in [0.2, 0.25) is 0 Å². The molecular formula is C10H4F19NO2S. The predicted molar refractivity (Wildman–Crippen MR) is 63.6 cm³/mol. The van der Waals surface area contributed by atoms with Crippen LogP contribution >= 0.6 is 0 Å². The van der Waals surface area contributed by atoms with Crippen LogP contribution in [-0.4, -0.2) is 68.4 Å². The van der Waals surface area contributed by atoms with Gasteiger partial charge >= 0.3 is 52.9 Å². The third-order valence-electron chi connectivity index (χ3n) is 3.69. The van der Waals surface area contributed by atoms with Crippen LogP contribution in [0, 0.1) is 0 Å². The van der Waals surface area contributed by atoms with Gasteiger partial charge in [-0.2, -0.15) is 83.4 Å². The Bertz CT molecular complexity index is 841. The number of sulfonamides is 1. The van der Waals surface area contributed by atoms with E-state index >= 15 is 0 Å². The highest BCUT2D eigenvalue weighted by molar-refractivity contribution is 7.90. The topological polar surface area (TPSA) is 46.2 Å². The molecular weight excluding hydrogens is 559 g/mol. The summed E-state index contributed by atoms with van der Waals surface area (Å²) in [7, 11) is -7.53. The van der Waals surface area contributed by atoms with E-state index in [0.717, 1.165) is 0 Å². The van der Waals surface area contributed by atoms with Gasteiger partial charge in [0.1, 0.15) is 0 Å². The monoisotopic (exact) mass is 563 g/mol. The zero-order chi connectivity index (χ0) is 27.7. The Labute approximate surface area is 167 Å². The van der Waals surface area contributed by atoms with Gasteiger partial charge in [-0.1, -0.05) is 0 Å². The van der Waals surface area contributed by atoms with Gasteiger partial charge in [0, 0.05) is 0 Å². The second-order valence-corrected chi connectivity index (χ2v) is 7.67. The highest BCUT2D eigenvalue weighted by Crippen LogP contribution is 2.65. The molecule has 0 atom stereocenters. The Morgan fingerprint density at radius 2 is 0.636 bits per heavy atom. The zero-order valence-corrected chi connectivity index (χ0v) is 15.2. The van der Waals surface area contributed by atoms with Crippen molar-refractivity contribution in [3.8, 4) is 0 Å². The molecule has 0 radical (unpaired) electrons. The molecule has 0 aliphatic heterocycles. The Hall–Kier alpha value is -1.42. The molecule has 0 saturated carbocycles. The molecule has 0 aliphatic carbocycles. The molecule has 3 nitrogen and oxygen atoms in total. The van der Waals surface area contributed by atoms with Gasteiger partial charge < -0.3 is 0 Å². The third kappa shape index (κ3) is 3.66. The number of halogens is 19. The Morgan fingerprint density at radius 3 is 0.848 bits per heavy atom. The van der Waals surface area contributed by atoms with E-state index in [2.05, 4.69) is 0 Å². The van der Waals surface area contributed by atoms with Crippen LogP contribution in [0.1, 0.15) is 0 Å². The van der Waals surface area contributed by atoms with E-state index in [1.54, 1.807) is 0 Å². The van der Waals surface area contributed by atoms with Crippen molar-refractivity contribution in [2.45, 2.75) is 52.9 Å². The largest absolute Gasteiger partial charge is 0.460 e. The number of nitrogens with one attached hydrogen (secondary N) is 1. The molecule has 0 aromatic rings. The van der Waals surface area contributed by atoms with E-state index in [9.17, 15) is 91.8 Å². The summed E-state index contributed by atoms with van der Waals surface area (Å²) in [6.45, 7) is 0. The summed E-state index contributed by atoms with van der Waals surface area (Å²) in [5.41, 5.74) is 0. The van der Waals surface area contributed by atoms with E-state index in [0.29, 0.717) is 0 Å². The van der Waals surface area contributed by atoms with E-state index in [-0.39, 0.29) is 11.8 Å². The minimum Gasteiger partial charge on any atom is -0.213 e. The fourth-order valence-corrected chi connectivity index (χ4v) is 2.37. The SMILES string of the molecule is CNS(=O)(=O)C(F)(F)C(F)(F)C(F)(F)C(F)(F)C(F)(F)C(F)(F)C(F)(F)C(F)(F)C(F)(F)F. The van der Waals surface area contributed by atoms with Crippen molar-refractivity contribution in [1.82, 2.24) is 4.72 Å². The van der Waals surface area contributed by atoms with Crippen LogP contribution in [0.4, 0.5) is 83.4 Å². The molecule has 23 heteroatoms. The zero-order valence-electron chi connectivity index (χ0n) is 14.4. The van der Waals surface area contributed by atoms with Crippen molar-refractivity contribution in [3.63, 3.8) is 0 Å². The molecule has 0 unspecified atom stereocenters. The maximum Gasteiger partial charge on any atom is 0.460 e. The van der Waals surface area contributed by atoms with Crippen molar-refractivity contribution in [3.05, 3.63) is 0 Å². The van der Waals surface area contributed by atoms with Crippen molar-refractivity contribution < 1.29 is 91.8 Å². The summed E-state index contributed by atoms with van der Waals surface area (Å²) in [4.78, 5) is 0. The Balaban J connectivity index is 7.09. The molecule has 0 aliphatic rings. The molecule has 0 aromatic heterocycles. The molecule has 0 amide bonds. The normalized spacial score (nSPS) is 16.8. The van der Waals surface area contributed by atoms with Gasteiger partial charge in [-0.05, 0) is 7.05 Å². The minimum absolute atomic E-state index is 0.125. The fraction of sp³-hybridized carbons (Fsp3) is 1.00. The van der Waals surface area contributed by atoms with Crippen molar-refractivity contribution in [2.24, 2.45) is 0 Å². The van der Waals surface area contributed by atoms with Gasteiger partial charge in [-0.25, -0.2) is 13.1 Å². The average Bonchev–Trinajstić information content (AvgIpc) is 2.59. The smallest absolute Gasteiger partial charge is 0.213 e. The van der Waals surface area contributed by atoms with Crippen LogP contribution in [0.3, 0.4) is 0 Å². The number of hydrogen-bond donors (Lipinski definition) is 1. The first-order valence-electron chi connectivity index (χ1n) is 6.83. The van der Waals surface area contributed by atoms with Gasteiger partial charge in [0.15, 0.2) is 0 Å². The maximum atomic E-state index is 13.3. The van der Waals surface area contributed by atoms with Crippen LogP contribution in [-0.2, 0) is 10.0 Å². The van der Waals surface area contributed by atoms with Crippen LogP contribution in [0.5, 0.6) is 0 Å². The molecule has 200 valence electrons. The highest BCUT2D eigenvalue weighted by Gasteiger charge is 2.97. The summed E-state index contributed by atoms with van der Waals surface area (Å²) in [6.07, 6.45) is -7.97.